The van der Waals surface area contributed by atoms with Gasteiger partial charge in [-0.2, -0.15) is 0 Å². The smallest absolute Gasteiger partial charge is 0.335 e. The number of rotatable bonds is 3. The average Bonchev–Trinajstić information content (AvgIpc) is 2.39. The van der Waals surface area contributed by atoms with Crippen LogP contribution in [-0.2, 0) is 9.84 Å². The number of hydrogen-bond donors (Lipinski definition) is 1. The van der Waals surface area contributed by atoms with Crippen LogP contribution in [0.4, 0.5) is 4.39 Å². The molecule has 0 atom stereocenters. The second-order valence-electron chi connectivity index (χ2n) is 4.76. The number of carbonyl (C=O) groups is 1. The zero-order valence-electron chi connectivity index (χ0n) is 10.3. The molecule has 0 amide bonds. The number of sulfone groups is 1. The molecule has 0 radical (unpaired) electrons. The van der Waals surface area contributed by atoms with Crippen molar-refractivity contribution in [1.82, 2.24) is 0 Å². The van der Waals surface area contributed by atoms with Gasteiger partial charge < -0.3 is 5.11 Å². The van der Waals surface area contributed by atoms with E-state index in [4.69, 9.17) is 5.11 Å². The SMILES string of the molecule is O=C(O)c1ccc(S(=O)(=O)C2CCCCC2)c(F)c1. The number of carboxylic acids is 1. The van der Waals surface area contributed by atoms with Crippen molar-refractivity contribution in [3.63, 3.8) is 0 Å². The summed E-state index contributed by atoms with van der Waals surface area (Å²) < 4.78 is 38.4. The number of aromatic carboxylic acids is 1. The number of benzene rings is 1. The van der Waals surface area contributed by atoms with Crippen molar-refractivity contribution in [3.8, 4) is 0 Å². The molecule has 104 valence electrons. The highest BCUT2D eigenvalue weighted by molar-refractivity contribution is 7.92. The second-order valence-corrected chi connectivity index (χ2v) is 6.95. The molecular weight excluding hydrogens is 271 g/mol. The van der Waals surface area contributed by atoms with Gasteiger partial charge in [0, 0.05) is 0 Å². The fourth-order valence-electron chi connectivity index (χ4n) is 2.42. The summed E-state index contributed by atoms with van der Waals surface area (Å²) in [4.78, 5) is 10.3. The van der Waals surface area contributed by atoms with E-state index in [1.165, 1.54) is 0 Å². The molecule has 0 spiro atoms. The Kier molecular flexibility index (Phi) is 3.89. The summed E-state index contributed by atoms with van der Waals surface area (Å²) in [6.45, 7) is 0. The van der Waals surface area contributed by atoms with E-state index in [1.807, 2.05) is 0 Å². The van der Waals surface area contributed by atoms with E-state index in [0.29, 0.717) is 12.8 Å². The number of hydrogen-bond acceptors (Lipinski definition) is 3. The summed E-state index contributed by atoms with van der Waals surface area (Å²) in [5.74, 6) is -2.26. The van der Waals surface area contributed by atoms with Crippen molar-refractivity contribution in [1.29, 1.82) is 0 Å². The molecule has 6 heteroatoms. The first-order valence-electron chi connectivity index (χ1n) is 6.19. The number of halogens is 1. The van der Waals surface area contributed by atoms with Crippen LogP contribution in [0.15, 0.2) is 23.1 Å². The highest BCUT2D eigenvalue weighted by Crippen LogP contribution is 2.30. The molecule has 1 N–H and O–H groups in total. The molecule has 0 aliphatic heterocycles. The van der Waals surface area contributed by atoms with Crippen LogP contribution < -0.4 is 0 Å². The molecule has 1 saturated carbocycles. The van der Waals surface area contributed by atoms with Gasteiger partial charge in [0.2, 0.25) is 0 Å². The van der Waals surface area contributed by atoms with Gasteiger partial charge in [0.1, 0.15) is 10.7 Å². The van der Waals surface area contributed by atoms with Gasteiger partial charge in [-0.3, -0.25) is 0 Å². The van der Waals surface area contributed by atoms with E-state index in [-0.39, 0.29) is 10.5 Å². The van der Waals surface area contributed by atoms with Crippen molar-refractivity contribution in [3.05, 3.63) is 29.6 Å². The second kappa shape index (κ2) is 5.28. The van der Waals surface area contributed by atoms with Gasteiger partial charge in [0.15, 0.2) is 9.84 Å². The fourth-order valence-corrected chi connectivity index (χ4v) is 4.32. The molecule has 1 fully saturated rings. The highest BCUT2D eigenvalue weighted by Gasteiger charge is 2.31. The van der Waals surface area contributed by atoms with Crippen LogP contribution in [0.1, 0.15) is 42.5 Å². The minimum Gasteiger partial charge on any atom is -0.478 e. The van der Waals surface area contributed by atoms with Crippen molar-refractivity contribution in [2.45, 2.75) is 42.2 Å². The molecule has 1 aromatic carbocycles. The Hall–Kier alpha value is -1.43. The first kappa shape index (κ1) is 14.0. The average molecular weight is 286 g/mol. The lowest BCUT2D eigenvalue weighted by Gasteiger charge is -2.22. The minimum atomic E-state index is -3.70. The lowest BCUT2D eigenvalue weighted by molar-refractivity contribution is 0.0696. The standard InChI is InChI=1S/C13H15FO4S/c14-11-8-9(13(15)16)6-7-12(11)19(17,18)10-4-2-1-3-5-10/h6-8,10H,1-5H2,(H,15,16). The monoisotopic (exact) mass is 286 g/mol. The predicted octanol–water partition coefficient (Wildman–Crippen LogP) is 2.63. The highest BCUT2D eigenvalue weighted by atomic mass is 32.2. The lowest BCUT2D eigenvalue weighted by Crippen LogP contribution is -2.25. The van der Waals surface area contributed by atoms with Crippen LogP contribution in [0, 0.1) is 5.82 Å². The van der Waals surface area contributed by atoms with Crippen LogP contribution in [0.5, 0.6) is 0 Å². The van der Waals surface area contributed by atoms with E-state index in [0.717, 1.165) is 37.5 Å². The molecule has 1 aliphatic carbocycles. The Bertz CT molecular complexity index is 589. The van der Waals surface area contributed by atoms with Crippen LogP contribution >= 0.6 is 0 Å². The molecule has 19 heavy (non-hydrogen) atoms. The topological polar surface area (TPSA) is 71.4 Å². The molecule has 0 saturated heterocycles. The molecule has 4 nitrogen and oxygen atoms in total. The van der Waals surface area contributed by atoms with Crippen LogP contribution in [0.2, 0.25) is 0 Å². The van der Waals surface area contributed by atoms with E-state index in [1.54, 1.807) is 0 Å². The summed E-state index contributed by atoms with van der Waals surface area (Å²) in [7, 11) is -3.70. The molecule has 0 unspecified atom stereocenters. The molecular formula is C13H15FO4S. The summed E-state index contributed by atoms with van der Waals surface area (Å²) >= 11 is 0. The van der Waals surface area contributed by atoms with Gasteiger partial charge >= 0.3 is 5.97 Å². The molecule has 1 aliphatic rings. The Labute approximate surface area is 111 Å². The molecule has 0 aromatic heterocycles. The largest absolute Gasteiger partial charge is 0.478 e. The zero-order chi connectivity index (χ0) is 14.0. The third-order valence-corrected chi connectivity index (χ3v) is 5.77. The van der Waals surface area contributed by atoms with Crippen molar-refractivity contribution in [2.24, 2.45) is 0 Å². The summed E-state index contributed by atoms with van der Waals surface area (Å²) in [6.07, 6.45) is 3.76. The molecule has 0 heterocycles. The summed E-state index contributed by atoms with van der Waals surface area (Å²) in [6, 6.07) is 2.95. The third-order valence-electron chi connectivity index (χ3n) is 3.48. The van der Waals surface area contributed by atoms with Gasteiger partial charge in [-0.05, 0) is 31.0 Å². The Morgan fingerprint density at radius 3 is 2.37 bits per heavy atom. The molecule has 1 aromatic rings. The lowest BCUT2D eigenvalue weighted by atomic mass is 10.0. The van der Waals surface area contributed by atoms with Gasteiger partial charge in [-0.25, -0.2) is 17.6 Å². The Morgan fingerprint density at radius 2 is 1.84 bits per heavy atom. The third kappa shape index (κ3) is 2.78. The first-order valence-corrected chi connectivity index (χ1v) is 7.74. The van der Waals surface area contributed by atoms with Crippen LogP contribution in [-0.4, -0.2) is 24.7 Å². The normalized spacial score (nSPS) is 17.3. The Balaban J connectivity index is 2.37. The van der Waals surface area contributed by atoms with Crippen LogP contribution in [0.25, 0.3) is 0 Å². The first-order chi connectivity index (χ1) is 8.93. The zero-order valence-corrected chi connectivity index (χ0v) is 11.1. The van der Waals surface area contributed by atoms with Crippen molar-refractivity contribution >= 4 is 15.8 Å². The summed E-state index contributed by atoms with van der Waals surface area (Å²) in [5.41, 5.74) is -0.250. The Morgan fingerprint density at radius 1 is 1.21 bits per heavy atom. The van der Waals surface area contributed by atoms with E-state index >= 15 is 0 Å². The summed E-state index contributed by atoms with van der Waals surface area (Å²) in [5, 5.41) is 8.19. The van der Waals surface area contributed by atoms with E-state index in [2.05, 4.69) is 0 Å². The number of carboxylic acid groups (broad SMARTS) is 1. The predicted molar refractivity (Wildman–Crippen MR) is 67.4 cm³/mol. The quantitative estimate of drug-likeness (QED) is 0.927. The maximum atomic E-state index is 13.8. The fraction of sp³-hybridized carbons (Fsp3) is 0.462. The minimum absolute atomic E-state index is 0.250. The van der Waals surface area contributed by atoms with Crippen molar-refractivity contribution in [2.75, 3.05) is 0 Å². The maximum Gasteiger partial charge on any atom is 0.335 e. The van der Waals surface area contributed by atoms with Gasteiger partial charge in [0.05, 0.1) is 10.8 Å². The van der Waals surface area contributed by atoms with E-state index in [9.17, 15) is 17.6 Å². The molecule has 2 rings (SSSR count). The van der Waals surface area contributed by atoms with Crippen LogP contribution in [0.3, 0.4) is 0 Å². The maximum absolute atomic E-state index is 13.8. The van der Waals surface area contributed by atoms with E-state index < -0.39 is 26.9 Å². The van der Waals surface area contributed by atoms with Gasteiger partial charge in [-0.15, -0.1) is 0 Å². The van der Waals surface area contributed by atoms with Crippen molar-refractivity contribution < 1.29 is 22.7 Å². The van der Waals surface area contributed by atoms with Gasteiger partial charge in [0.25, 0.3) is 0 Å². The molecule has 0 bridgehead atoms. The van der Waals surface area contributed by atoms with Gasteiger partial charge in [-0.1, -0.05) is 19.3 Å².